The number of hydrogen-bond acceptors (Lipinski definition) is 5. The van der Waals surface area contributed by atoms with Gasteiger partial charge in [0, 0.05) is 11.0 Å². The van der Waals surface area contributed by atoms with Gasteiger partial charge in [-0.3, -0.25) is 4.79 Å². The minimum Gasteiger partial charge on any atom is -0.458 e. The van der Waals surface area contributed by atoms with Gasteiger partial charge in [-0.25, -0.2) is 4.79 Å². The number of ether oxygens (including phenoxy) is 1. The zero-order chi connectivity index (χ0) is 18.2. The monoisotopic (exact) mass is 348 g/mol. The SMILES string of the molecule is C[C@@]1(CO)[C@H](O)CC[C@@]2(C)C(CCC3=CCOC3=O)=C(C=O)CC[C@H]12. The molecular formula is C20H28O5. The molecule has 0 aromatic rings. The summed E-state index contributed by atoms with van der Waals surface area (Å²) in [5.74, 6) is -0.137. The van der Waals surface area contributed by atoms with Crippen LogP contribution in [0.1, 0.15) is 52.4 Å². The lowest BCUT2D eigenvalue weighted by atomic mass is 9.48. The third-order valence-electron chi connectivity index (χ3n) is 6.98. The second kappa shape index (κ2) is 6.69. The normalized spacial score (nSPS) is 38.2. The van der Waals surface area contributed by atoms with Gasteiger partial charge in [0.1, 0.15) is 12.9 Å². The molecule has 0 bridgehead atoms. The summed E-state index contributed by atoms with van der Waals surface area (Å²) in [6.07, 6.45) is 6.36. The van der Waals surface area contributed by atoms with Crippen LogP contribution in [0.3, 0.4) is 0 Å². The molecule has 0 unspecified atom stereocenters. The van der Waals surface area contributed by atoms with Crippen LogP contribution in [0.2, 0.25) is 0 Å². The van der Waals surface area contributed by atoms with Crippen molar-refractivity contribution in [1.82, 2.24) is 0 Å². The average molecular weight is 348 g/mol. The first kappa shape index (κ1) is 18.3. The average Bonchev–Trinajstić information content (AvgIpc) is 3.01. The van der Waals surface area contributed by atoms with E-state index in [-0.39, 0.29) is 23.9 Å². The molecule has 25 heavy (non-hydrogen) atoms. The molecule has 138 valence electrons. The number of allylic oxidation sites excluding steroid dienone is 2. The maximum atomic E-state index is 11.7. The maximum Gasteiger partial charge on any atom is 0.334 e. The Kier molecular flexibility index (Phi) is 4.91. The van der Waals surface area contributed by atoms with Crippen molar-refractivity contribution in [2.75, 3.05) is 13.2 Å². The third kappa shape index (κ3) is 2.87. The Morgan fingerprint density at radius 1 is 1.32 bits per heavy atom. The molecule has 1 aliphatic heterocycles. The molecule has 0 aromatic heterocycles. The van der Waals surface area contributed by atoms with Crippen molar-refractivity contribution in [3.8, 4) is 0 Å². The van der Waals surface area contributed by atoms with E-state index < -0.39 is 11.5 Å². The van der Waals surface area contributed by atoms with Gasteiger partial charge in [0.25, 0.3) is 0 Å². The summed E-state index contributed by atoms with van der Waals surface area (Å²) in [4.78, 5) is 23.4. The molecule has 2 N–H and O–H groups in total. The van der Waals surface area contributed by atoms with Crippen LogP contribution in [0.4, 0.5) is 0 Å². The quantitative estimate of drug-likeness (QED) is 0.588. The first-order valence-electron chi connectivity index (χ1n) is 9.19. The number of aliphatic hydroxyl groups excluding tert-OH is 2. The topological polar surface area (TPSA) is 83.8 Å². The van der Waals surface area contributed by atoms with Gasteiger partial charge in [0.15, 0.2) is 0 Å². The number of carbonyl (C=O) groups excluding carboxylic acids is 2. The summed E-state index contributed by atoms with van der Waals surface area (Å²) in [5, 5.41) is 20.5. The van der Waals surface area contributed by atoms with Crippen molar-refractivity contribution in [2.45, 2.75) is 58.5 Å². The smallest absolute Gasteiger partial charge is 0.334 e. The highest BCUT2D eigenvalue weighted by Crippen LogP contribution is 2.60. The predicted octanol–water partition coefficient (Wildman–Crippen LogP) is 2.31. The largest absolute Gasteiger partial charge is 0.458 e. The number of hydrogen-bond donors (Lipinski definition) is 2. The van der Waals surface area contributed by atoms with Crippen LogP contribution in [-0.4, -0.2) is 41.8 Å². The highest BCUT2D eigenvalue weighted by Gasteiger charge is 2.55. The Hall–Kier alpha value is -1.46. The van der Waals surface area contributed by atoms with Gasteiger partial charge in [-0.15, -0.1) is 0 Å². The molecule has 0 saturated heterocycles. The molecule has 1 saturated carbocycles. The fourth-order valence-corrected chi connectivity index (χ4v) is 5.38. The highest BCUT2D eigenvalue weighted by atomic mass is 16.5. The number of fused-ring (bicyclic) bond motifs is 1. The van der Waals surface area contributed by atoms with Gasteiger partial charge in [0.05, 0.1) is 12.7 Å². The minimum absolute atomic E-state index is 0.0599. The Morgan fingerprint density at radius 3 is 2.68 bits per heavy atom. The molecule has 3 rings (SSSR count). The van der Waals surface area contributed by atoms with Crippen molar-refractivity contribution in [1.29, 1.82) is 0 Å². The van der Waals surface area contributed by atoms with Gasteiger partial charge in [0.2, 0.25) is 0 Å². The summed E-state index contributed by atoms with van der Waals surface area (Å²) in [7, 11) is 0. The van der Waals surface area contributed by atoms with Crippen LogP contribution >= 0.6 is 0 Å². The van der Waals surface area contributed by atoms with E-state index in [2.05, 4.69) is 6.92 Å². The molecule has 0 spiro atoms. The van der Waals surface area contributed by atoms with E-state index in [4.69, 9.17) is 4.74 Å². The van der Waals surface area contributed by atoms with Crippen LogP contribution in [0, 0.1) is 16.7 Å². The second-order valence-corrected chi connectivity index (χ2v) is 8.18. The minimum atomic E-state index is -0.557. The summed E-state index contributed by atoms with van der Waals surface area (Å²) in [5.41, 5.74) is 1.84. The van der Waals surface area contributed by atoms with E-state index in [0.29, 0.717) is 37.9 Å². The van der Waals surface area contributed by atoms with Crippen molar-refractivity contribution in [3.05, 3.63) is 22.8 Å². The number of aldehydes is 1. The molecule has 3 aliphatic rings. The van der Waals surface area contributed by atoms with Crippen LogP contribution in [-0.2, 0) is 14.3 Å². The van der Waals surface area contributed by atoms with Crippen LogP contribution < -0.4 is 0 Å². The van der Waals surface area contributed by atoms with Crippen LogP contribution in [0.5, 0.6) is 0 Å². The van der Waals surface area contributed by atoms with Gasteiger partial charge >= 0.3 is 5.97 Å². The maximum absolute atomic E-state index is 11.7. The first-order chi connectivity index (χ1) is 11.9. The fraction of sp³-hybridized carbons (Fsp3) is 0.700. The van der Waals surface area contributed by atoms with Gasteiger partial charge < -0.3 is 14.9 Å². The molecular weight excluding hydrogens is 320 g/mol. The molecule has 0 aromatic carbocycles. The number of cyclic esters (lactones) is 1. The van der Waals surface area contributed by atoms with Crippen molar-refractivity contribution in [3.63, 3.8) is 0 Å². The highest BCUT2D eigenvalue weighted by molar-refractivity contribution is 5.90. The Morgan fingerprint density at radius 2 is 2.08 bits per heavy atom. The molecule has 1 fully saturated rings. The molecule has 0 radical (unpaired) electrons. The van der Waals surface area contributed by atoms with E-state index in [1.165, 1.54) is 0 Å². The van der Waals surface area contributed by atoms with E-state index in [9.17, 15) is 19.8 Å². The lowest BCUT2D eigenvalue weighted by Gasteiger charge is -2.57. The van der Waals surface area contributed by atoms with Crippen molar-refractivity contribution in [2.24, 2.45) is 16.7 Å². The van der Waals surface area contributed by atoms with Crippen LogP contribution in [0.15, 0.2) is 22.8 Å². The van der Waals surface area contributed by atoms with Crippen molar-refractivity contribution < 1.29 is 24.5 Å². The molecule has 4 atom stereocenters. The predicted molar refractivity (Wildman–Crippen MR) is 92.6 cm³/mol. The van der Waals surface area contributed by atoms with E-state index >= 15 is 0 Å². The molecule has 5 heteroatoms. The fourth-order valence-electron chi connectivity index (χ4n) is 5.38. The standard InChI is InChI=1S/C20H28O5/c1-19-9-7-17(23)20(2,12-22)16(19)6-4-14(11-21)15(19)5-3-13-8-10-25-18(13)24/h8,11,16-17,22-23H,3-7,9-10,12H2,1-2H3/t16-,17+,19-,20-/m0/s1. The summed E-state index contributed by atoms with van der Waals surface area (Å²) in [6.45, 7) is 4.40. The lowest BCUT2D eigenvalue weighted by molar-refractivity contribution is -0.136. The first-order valence-corrected chi connectivity index (χ1v) is 9.19. The van der Waals surface area contributed by atoms with E-state index in [1.807, 2.05) is 13.0 Å². The number of carbonyl (C=O) groups is 2. The number of esters is 1. The van der Waals surface area contributed by atoms with Gasteiger partial charge in [-0.05, 0) is 61.5 Å². The zero-order valence-electron chi connectivity index (χ0n) is 15.1. The Balaban J connectivity index is 1.92. The van der Waals surface area contributed by atoms with Gasteiger partial charge in [-0.2, -0.15) is 0 Å². The van der Waals surface area contributed by atoms with E-state index in [0.717, 1.165) is 30.3 Å². The molecule has 0 amide bonds. The van der Waals surface area contributed by atoms with E-state index in [1.54, 1.807) is 0 Å². The second-order valence-electron chi connectivity index (χ2n) is 8.18. The Labute approximate surface area is 148 Å². The summed E-state index contributed by atoms with van der Waals surface area (Å²) >= 11 is 0. The summed E-state index contributed by atoms with van der Waals surface area (Å²) in [6, 6.07) is 0. The summed E-state index contributed by atoms with van der Waals surface area (Å²) < 4.78 is 4.97. The van der Waals surface area contributed by atoms with Gasteiger partial charge in [-0.1, -0.05) is 19.4 Å². The zero-order valence-corrected chi connectivity index (χ0v) is 15.1. The number of aliphatic hydroxyl groups is 2. The molecule has 1 heterocycles. The Bertz CT molecular complexity index is 634. The number of rotatable bonds is 5. The van der Waals surface area contributed by atoms with Crippen molar-refractivity contribution >= 4 is 12.3 Å². The molecule has 2 aliphatic carbocycles. The third-order valence-corrected chi connectivity index (χ3v) is 6.98. The molecule has 5 nitrogen and oxygen atoms in total. The van der Waals surface area contributed by atoms with Crippen LogP contribution in [0.25, 0.3) is 0 Å². The lowest BCUT2D eigenvalue weighted by Crippen LogP contribution is -2.55.